The molecule has 0 atom stereocenters. The smallest absolute Gasteiger partial charge is 0.206 e. The Hall–Kier alpha value is -0.470. The largest absolute Gasteiger partial charge is 0.301 e. The monoisotopic (exact) mass is 386 g/mol. The summed E-state index contributed by atoms with van der Waals surface area (Å²) in [6.45, 7) is 2.27. The van der Waals surface area contributed by atoms with Crippen LogP contribution in [0.4, 0.5) is 13.2 Å². The van der Waals surface area contributed by atoms with E-state index in [9.17, 15) is 13.2 Å². The Morgan fingerprint density at radius 1 is 0.630 bits per heavy atom. The van der Waals surface area contributed by atoms with Crippen LogP contribution in [-0.2, 0) is 0 Å². The minimum absolute atomic E-state index is 0.510. The number of allylic oxidation sites excluding steroid dienone is 1. The Bertz CT molecular complexity index is 411. The Balaban J connectivity index is 1.53. The first kappa shape index (κ1) is 22.8. The Morgan fingerprint density at radius 3 is 1.63 bits per heavy atom. The van der Waals surface area contributed by atoms with Crippen LogP contribution >= 0.6 is 0 Å². The van der Waals surface area contributed by atoms with Crippen molar-refractivity contribution in [3.05, 3.63) is 11.9 Å². The van der Waals surface area contributed by atoms with Crippen molar-refractivity contribution in [3.8, 4) is 0 Å². The van der Waals surface area contributed by atoms with Gasteiger partial charge < -0.3 is 0 Å². The zero-order valence-corrected chi connectivity index (χ0v) is 17.5. The standard InChI is InChI=1S/C24H41F3/c1-2-3-4-5-6-7-8-9-10-19-11-13-20(14-12-19)21-15-17-22(18-16-21)23(25)24(26)27/h19-22H,2-18H2,1H3. The van der Waals surface area contributed by atoms with Crippen LogP contribution in [-0.4, -0.2) is 0 Å². The van der Waals surface area contributed by atoms with E-state index in [1.165, 1.54) is 83.5 Å². The molecular formula is C24H41F3. The van der Waals surface area contributed by atoms with Crippen molar-refractivity contribution in [3.63, 3.8) is 0 Å². The van der Waals surface area contributed by atoms with Crippen LogP contribution in [0.2, 0.25) is 0 Å². The number of unbranched alkanes of at least 4 members (excludes halogenated alkanes) is 7. The maximum atomic E-state index is 13.4. The fourth-order valence-electron chi connectivity index (χ4n) is 5.51. The molecule has 27 heavy (non-hydrogen) atoms. The van der Waals surface area contributed by atoms with Gasteiger partial charge in [-0.25, -0.2) is 4.39 Å². The highest BCUT2D eigenvalue weighted by atomic mass is 19.3. The van der Waals surface area contributed by atoms with Gasteiger partial charge in [0.05, 0.1) is 0 Å². The number of halogens is 3. The molecule has 0 aromatic carbocycles. The van der Waals surface area contributed by atoms with Crippen molar-refractivity contribution >= 4 is 0 Å². The minimum Gasteiger partial charge on any atom is -0.206 e. The first-order chi connectivity index (χ1) is 13.1. The molecule has 0 bridgehead atoms. The predicted octanol–water partition coefficient (Wildman–Crippen LogP) is 9.21. The molecule has 0 N–H and O–H groups in total. The lowest BCUT2D eigenvalue weighted by molar-refractivity contribution is 0.142. The molecule has 0 nitrogen and oxygen atoms in total. The molecule has 0 aromatic rings. The molecule has 0 aromatic heterocycles. The van der Waals surface area contributed by atoms with Gasteiger partial charge in [-0.3, -0.25) is 0 Å². The normalized spacial score (nSPS) is 28.9. The van der Waals surface area contributed by atoms with Gasteiger partial charge in [0.1, 0.15) is 0 Å². The van der Waals surface area contributed by atoms with Crippen LogP contribution in [0.3, 0.4) is 0 Å². The molecular weight excluding hydrogens is 345 g/mol. The molecule has 0 radical (unpaired) electrons. The molecule has 2 fully saturated rings. The van der Waals surface area contributed by atoms with E-state index < -0.39 is 17.8 Å². The van der Waals surface area contributed by atoms with E-state index in [4.69, 9.17) is 0 Å². The van der Waals surface area contributed by atoms with Crippen molar-refractivity contribution in [2.45, 2.75) is 116 Å². The van der Waals surface area contributed by atoms with Gasteiger partial charge in [0, 0.05) is 5.92 Å². The summed E-state index contributed by atoms with van der Waals surface area (Å²) < 4.78 is 38.3. The fraction of sp³-hybridized carbons (Fsp3) is 0.917. The van der Waals surface area contributed by atoms with Crippen molar-refractivity contribution in [2.75, 3.05) is 0 Å². The van der Waals surface area contributed by atoms with Gasteiger partial charge in [0.15, 0.2) is 5.83 Å². The third-order valence-corrected chi connectivity index (χ3v) is 7.33. The predicted molar refractivity (Wildman–Crippen MR) is 108 cm³/mol. The Kier molecular flexibility index (Phi) is 10.9. The second-order valence-electron chi connectivity index (χ2n) is 9.26. The summed E-state index contributed by atoms with van der Waals surface area (Å²) >= 11 is 0. The van der Waals surface area contributed by atoms with Gasteiger partial charge in [0.25, 0.3) is 0 Å². The summed E-state index contributed by atoms with van der Waals surface area (Å²) in [6, 6.07) is 0. The van der Waals surface area contributed by atoms with Gasteiger partial charge in [-0.1, -0.05) is 77.6 Å². The third-order valence-electron chi connectivity index (χ3n) is 7.33. The van der Waals surface area contributed by atoms with E-state index in [-0.39, 0.29) is 0 Å². The van der Waals surface area contributed by atoms with Crippen LogP contribution in [0.1, 0.15) is 116 Å². The second kappa shape index (κ2) is 12.9. The topological polar surface area (TPSA) is 0 Å². The maximum Gasteiger partial charge on any atom is 0.301 e. The molecule has 2 aliphatic rings. The van der Waals surface area contributed by atoms with Crippen molar-refractivity contribution < 1.29 is 13.2 Å². The molecule has 0 amide bonds. The molecule has 0 saturated heterocycles. The van der Waals surface area contributed by atoms with Crippen molar-refractivity contribution in [2.24, 2.45) is 23.7 Å². The van der Waals surface area contributed by atoms with E-state index in [2.05, 4.69) is 6.92 Å². The average molecular weight is 387 g/mol. The average Bonchev–Trinajstić information content (AvgIpc) is 2.70. The summed E-state index contributed by atoms with van der Waals surface area (Å²) in [4.78, 5) is 0. The van der Waals surface area contributed by atoms with Crippen LogP contribution in [0.15, 0.2) is 11.9 Å². The molecule has 3 heteroatoms. The van der Waals surface area contributed by atoms with Gasteiger partial charge in [-0.2, -0.15) is 8.78 Å². The summed E-state index contributed by atoms with van der Waals surface area (Å²) in [5.41, 5.74) is 0. The van der Waals surface area contributed by atoms with E-state index >= 15 is 0 Å². The molecule has 2 saturated carbocycles. The van der Waals surface area contributed by atoms with Crippen LogP contribution in [0.5, 0.6) is 0 Å². The summed E-state index contributed by atoms with van der Waals surface area (Å²) in [5.74, 6) is 0.689. The molecule has 158 valence electrons. The Labute approximate surface area is 165 Å². The van der Waals surface area contributed by atoms with Crippen LogP contribution in [0, 0.1) is 23.7 Å². The van der Waals surface area contributed by atoms with Crippen molar-refractivity contribution in [1.82, 2.24) is 0 Å². The van der Waals surface area contributed by atoms with E-state index in [1.807, 2.05) is 0 Å². The van der Waals surface area contributed by atoms with Gasteiger partial charge >= 0.3 is 6.08 Å². The molecule has 0 unspecified atom stereocenters. The third kappa shape index (κ3) is 8.20. The quantitative estimate of drug-likeness (QED) is 0.310. The fourth-order valence-corrected chi connectivity index (χ4v) is 5.51. The highest BCUT2D eigenvalue weighted by Crippen LogP contribution is 2.44. The lowest BCUT2D eigenvalue weighted by Crippen LogP contribution is -2.26. The lowest BCUT2D eigenvalue weighted by Gasteiger charge is -2.37. The van der Waals surface area contributed by atoms with E-state index in [0.29, 0.717) is 18.8 Å². The SMILES string of the molecule is CCCCCCCCCCC1CCC(C2CCC(C(F)=C(F)F)CC2)CC1. The zero-order chi connectivity index (χ0) is 19.5. The van der Waals surface area contributed by atoms with E-state index in [0.717, 1.165) is 24.7 Å². The Morgan fingerprint density at radius 2 is 1.11 bits per heavy atom. The van der Waals surface area contributed by atoms with Crippen LogP contribution < -0.4 is 0 Å². The summed E-state index contributed by atoms with van der Waals surface area (Å²) in [6.07, 6.45) is 18.9. The number of hydrogen-bond acceptors (Lipinski definition) is 0. The minimum atomic E-state index is -2.10. The summed E-state index contributed by atoms with van der Waals surface area (Å²) in [7, 11) is 0. The highest BCUT2D eigenvalue weighted by Gasteiger charge is 2.32. The lowest BCUT2D eigenvalue weighted by atomic mass is 9.68. The molecule has 2 aliphatic carbocycles. The first-order valence-electron chi connectivity index (χ1n) is 11.8. The first-order valence-corrected chi connectivity index (χ1v) is 11.8. The zero-order valence-electron chi connectivity index (χ0n) is 17.5. The van der Waals surface area contributed by atoms with E-state index in [1.54, 1.807) is 0 Å². The van der Waals surface area contributed by atoms with Crippen LogP contribution in [0.25, 0.3) is 0 Å². The second-order valence-corrected chi connectivity index (χ2v) is 9.26. The molecule has 2 rings (SSSR count). The van der Waals surface area contributed by atoms with Gasteiger partial charge in [-0.15, -0.1) is 0 Å². The molecule has 0 heterocycles. The number of hydrogen-bond donors (Lipinski definition) is 0. The van der Waals surface area contributed by atoms with Gasteiger partial charge in [-0.05, 0) is 56.3 Å². The maximum absolute atomic E-state index is 13.4. The van der Waals surface area contributed by atoms with Gasteiger partial charge in [0.2, 0.25) is 0 Å². The molecule has 0 spiro atoms. The number of rotatable bonds is 11. The van der Waals surface area contributed by atoms with Crippen molar-refractivity contribution in [1.29, 1.82) is 0 Å². The highest BCUT2D eigenvalue weighted by molar-refractivity contribution is 5.00. The summed E-state index contributed by atoms with van der Waals surface area (Å²) in [5, 5.41) is 0. The molecule has 0 aliphatic heterocycles.